The van der Waals surface area contributed by atoms with E-state index < -0.39 is 52.5 Å². The van der Waals surface area contributed by atoms with E-state index in [9.17, 15) is 17.6 Å². The van der Waals surface area contributed by atoms with E-state index >= 15 is 0 Å². The summed E-state index contributed by atoms with van der Waals surface area (Å²) in [5.41, 5.74) is 3.69. The minimum Gasteiger partial charge on any atom is -0.480 e. The molecule has 30 heavy (non-hydrogen) atoms. The van der Waals surface area contributed by atoms with Gasteiger partial charge in [0, 0.05) is 17.7 Å². The number of benzene rings is 1. The molecule has 2 heterocycles. The van der Waals surface area contributed by atoms with Crippen molar-refractivity contribution in [3.8, 4) is 5.88 Å². The van der Waals surface area contributed by atoms with Gasteiger partial charge in [0.1, 0.15) is 17.1 Å². The molecule has 1 amide bonds. The average molecular weight is 441 g/mol. The number of nitrogens with one attached hydrogen (secondary N) is 1. The predicted molar refractivity (Wildman–Crippen MR) is 108 cm³/mol. The van der Waals surface area contributed by atoms with Crippen LogP contribution < -0.4 is 15.8 Å². The summed E-state index contributed by atoms with van der Waals surface area (Å²) in [5, 5.41) is 2.46. The first-order valence-corrected chi connectivity index (χ1v) is 10.0. The van der Waals surface area contributed by atoms with E-state index in [1.807, 2.05) is 0 Å². The number of nitrogens with two attached hydrogens (primary N) is 1. The van der Waals surface area contributed by atoms with E-state index in [4.69, 9.17) is 12.6 Å². The van der Waals surface area contributed by atoms with E-state index in [2.05, 4.69) is 25.0 Å². The number of guanidine groups is 1. The Balaban J connectivity index is 1.89. The zero-order valence-corrected chi connectivity index (χ0v) is 16.7. The summed E-state index contributed by atoms with van der Waals surface area (Å²) in [4.78, 5) is 24.1. The lowest BCUT2D eigenvalue weighted by Crippen LogP contribution is -2.52. The predicted octanol–water partition coefficient (Wildman–Crippen LogP) is 1.07. The third-order valence-corrected chi connectivity index (χ3v) is 6.14. The van der Waals surface area contributed by atoms with Crippen molar-refractivity contribution in [2.24, 2.45) is 10.7 Å². The lowest BCUT2D eigenvalue weighted by Gasteiger charge is -2.36. The maximum absolute atomic E-state index is 14.8. The topological polar surface area (TPSA) is 140 Å². The molecule has 1 aromatic heterocycles. The smallest absolute Gasteiger partial charge is 0.275 e. The quantitative estimate of drug-likeness (QED) is 0.707. The molecule has 0 unspecified atom stereocenters. The van der Waals surface area contributed by atoms with Crippen molar-refractivity contribution in [1.82, 2.24) is 14.3 Å². The molecule has 2 aromatic rings. The molecule has 1 aliphatic rings. The Morgan fingerprint density at radius 2 is 2.23 bits per heavy atom. The number of carbonyl (C=O) groups excluding carboxylic acids is 1. The standard InChI is InChI=1S/C18H21FN6O4S/c1-4-25-17(20)24-18(2,10-30(25,27)28)12-7-11(5-6-13(12)19)23-16(26)14-8-22-15(29-3)9-21-14/h5-9H,4,10H2,1-3H3,(H2,20,24)(H,23,26)/t18-/m0/s1/i3D3,4D2. The maximum atomic E-state index is 14.8. The third-order valence-electron chi connectivity index (χ3n) is 4.28. The molecule has 0 bridgehead atoms. The summed E-state index contributed by atoms with van der Waals surface area (Å²) >= 11 is 0. The van der Waals surface area contributed by atoms with Crippen molar-refractivity contribution in [2.75, 3.05) is 24.6 Å². The van der Waals surface area contributed by atoms with Gasteiger partial charge in [-0.1, -0.05) is 0 Å². The zero-order valence-electron chi connectivity index (χ0n) is 20.9. The number of nitrogens with zero attached hydrogens (tertiary/aromatic N) is 4. The molecule has 1 atom stereocenters. The van der Waals surface area contributed by atoms with Crippen molar-refractivity contribution in [1.29, 1.82) is 0 Å². The fourth-order valence-corrected chi connectivity index (χ4v) is 4.64. The zero-order chi connectivity index (χ0) is 26.4. The summed E-state index contributed by atoms with van der Waals surface area (Å²) in [6.45, 7) is -0.0522. The van der Waals surface area contributed by atoms with Gasteiger partial charge < -0.3 is 15.8 Å². The number of sulfonamides is 1. The number of hydrogen-bond donors (Lipinski definition) is 2. The monoisotopic (exact) mass is 441 g/mol. The highest BCUT2D eigenvalue weighted by molar-refractivity contribution is 7.89. The van der Waals surface area contributed by atoms with Crippen LogP contribution >= 0.6 is 0 Å². The Bertz CT molecular complexity index is 1280. The van der Waals surface area contributed by atoms with Crippen LogP contribution in [0.15, 0.2) is 35.6 Å². The molecule has 160 valence electrons. The van der Waals surface area contributed by atoms with Gasteiger partial charge >= 0.3 is 0 Å². The van der Waals surface area contributed by atoms with Crippen LogP contribution in [0.25, 0.3) is 0 Å². The van der Waals surface area contributed by atoms with Gasteiger partial charge in [0.05, 0.1) is 32.0 Å². The van der Waals surface area contributed by atoms with Crippen LogP contribution in [-0.4, -0.2) is 53.8 Å². The highest BCUT2D eigenvalue weighted by Gasteiger charge is 2.42. The van der Waals surface area contributed by atoms with Gasteiger partial charge in [-0.2, -0.15) is 0 Å². The molecular weight excluding hydrogens is 415 g/mol. The molecule has 0 spiro atoms. The summed E-state index contributed by atoms with van der Waals surface area (Å²) in [5.74, 6) is -3.34. The second-order valence-electron chi connectivity index (χ2n) is 6.48. The van der Waals surface area contributed by atoms with Gasteiger partial charge in [-0.3, -0.25) is 4.79 Å². The number of anilines is 1. The van der Waals surface area contributed by atoms with E-state index in [0.29, 0.717) is 4.31 Å². The van der Waals surface area contributed by atoms with E-state index in [1.54, 1.807) is 0 Å². The fraction of sp³-hybridized carbons (Fsp3) is 0.333. The number of rotatable bonds is 5. The lowest BCUT2D eigenvalue weighted by atomic mass is 9.93. The van der Waals surface area contributed by atoms with E-state index in [1.165, 1.54) is 19.1 Å². The fourth-order valence-electron chi connectivity index (χ4n) is 2.98. The first-order chi connectivity index (χ1) is 15.9. The molecule has 0 aliphatic carbocycles. The minimum absolute atomic E-state index is 0.0664. The summed E-state index contributed by atoms with van der Waals surface area (Å²) in [6.07, 6.45) is 1.93. The number of methoxy groups -OCH3 is 1. The molecule has 0 saturated carbocycles. The maximum Gasteiger partial charge on any atom is 0.275 e. The van der Waals surface area contributed by atoms with Crippen LogP contribution in [-0.2, 0) is 15.6 Å². The minimum atomic E-state index is -4.32. The summed E-state index contributed by atoms with van der Waals surface area (Å²) in [6, 6.07) is 3.40. The highest BCUT2D eigenvalue weighted by atomic mass is 32.2. The highest BCUT2D eigenvalue weighted by Crippen LogP contribution is 2.35. The number of halogens is 1. The van der Waals surface area contributed by atoms with Gasteiger partial charge in [-0.15, -0.1) is 0 Å². The Morgan fingerprint density at radius 1 is 1.47 bits per heavy atom. The van der Waals surface area contributed by atoms with Gasteiger partial charge in [0.25, 0.3) is 5.91 Å². The third kappa shape index (κ3) is 4.03. The van der Waals surface area contributed by atoms with Gasteiger partial charge in [0.2, 0.25) is 21.9 Å². The lowest BCUT2D eigenvalue weighted by molar-refractivity contribution is 0.102. The Morgan fingerprint density at radius 3 is 2.83 bits per heavy atom. The Hall–Kier alpha value is -3.28. The first-order valence-electron chi connectivity index (χ1n) is 10.9. The molecule has 0 radical (unpaired) electrons. The number of aromatic nitrogens is 2. The Labute approximate surface area is 180 Å². The number of aliphatic imine (C=N–C) groups is 1. The van der Waals surface area contributed by atoms with Crippen molar-refractivity contribution < 1.29 is 29.2 Å². The van der Waals surface area contributed by atoms with Gasteiger partial charge in [0.15, 0.2) is 0 Å². The molecule has 1 aliphatic heterocycles. The normalized spacial score (nSPS) is 23.8. The van der Waals surface area contributed by atoms with Crippen molar-refractivity contribution in [2.45, 2.75) is 19.4 Å². The summed E-state index contributed by atoms with van der Waals surface area (Å²) < 4.78 is 81.7. The molecular formula is C18H21FN6O4S. The number of ether oxygens (including phenoxy) is 1. The van der Waals surface area contributed by atoms with Crippen molar-refractivity contribution in [3.05, 3.63) is 47.7 Å². The van der Waals surface area contributed by atoms with Crippen molar-refractivity contribution in [3.63, 3.8) is 0 Å². The van der Waals surface area contributed by atoms with Gasteiger partial charge in [-0.05, 0) is 32.0 Å². The number of amides is 1. The molecule has 3 N–H and O–H groups in total. The van der Waals surface area contributed by atoms with Crippen LogP contribution in [0, 0.1) is 5.82 Å². The summed E-state index contributed by atoms with van der Waals surface area (Å²) in [7, 11) is -7.06. The number of carbonyl (C=O) groups is 1. The molecule has 10 nitrogen and oxygen atoms in total. The second-order valence-corrected chi connectivity index (χ2v) is 8.30. The van der Waals surface area contributed by atoms with Crippen LogP contribution in [0.3, 0.4) is 0 Å². The van der Waals surface area contributed by atoms with Crippen LogP contribution in [0.5, 0.6) is 5.88 Å². The Kier molecular flexibility index (Phi) is 4.07. The average Bonchev–Trinajstić information content (AvgIpc) is 2.65. The van der Waals surface area contributed by atoms with Crippen molar-refractivity contribution >= 4 is 27.6 Å². The molecule has 3 rings (SSSR count). The van der Waals surface area contributed by atoms with Crippen LogP contribution in [0.2, 0.25) is 0 Å². The van der Waals surface area contributed by atoms with E-state index in [-0.39, 0.29) is 22.8 Å². The number of hydrogen-bond acceptors (Lipinski definition) is 8. The second kappa shape index (κ2) is 7.86. The molecule has 0 saturated heterocycles. The molecule has 12 heteroatoms. The largest absolute Gasteiger partial charge is 0.480 e. The van der Waals surface area contributed by atoms with Crippen LogP contribution in [0.1, 0.15) is 36.8 Å². The van der Waals surface area contributed by atoms with Gasteiger partial charge in [-0.25, -0.2) is 32.1 Å². The molecule has 1 aromatic carbocycles. The van der Waals surface area contributed by atoms with E-state index in [0.717, 1.165) is 25.4 Å². The molecule has 0 fully saturated rings. The SMILES string of the molecule is [2H]C([2H])([2H])Oc1cnc(C(=O)Nc2ccc(F)c([C@]3(C)CS(=O)(=O)N(C([2H])([2H])C)C(N)=N3)c2)cn1. The first kappa shape index (κ1) is 15.5. The van der Waals surface area contributed by atoms with Crippen LogP contribution in [0.4, 0.5) is 10.1 Å².